The summed E-state index contributed by atoms with van der Waals surface area (Å²) in [5, 5.41) is 3.32. The lowest BCUT2D eigenvalue weighted by molar-refractivity contribution is 0.381. The summed E-state index contributed by atoms with van der Waals surface area (Å²) in [6.45, 7) is 2.74. The number of hydrogen-bond donors (Lipinski definition) is 1. The first kappa shape index (κ1) is 15.9. The van der Waals surface area contributed by atoms with E-state index in [1.165, 1.54) is 7.11 Å². The predicted molar refractivity (Wildman–Crippen MR) is 88.2 cm³/mol. The molecule has 1 atom stereocenters. The normalized spacial score (nSPS) is 12.4. The Morgan fingerprint density at radius 1 is 1.35 bits per heavy atom. The number of methoxy groups -OCH3 is 1. The van der Waals surface area contributed by atoms with Crippen LogP contribution in [0.15, 0.2) is 31.8 Å². The third-order valence-electron chi connectivity index (χ3n) is 2.93. The molecule has 1 heterocycles. The van der Waals surface area contributed by atoms with Gasteiger partial charge in [0.15, 0.2) is 11.6 Å². The molecular weight excluding hydrogens is 409 g/mol. The fourth-order valence-corrected chi connectivity index (χ4v) is 4.95. The highest BCUT2D eigenvalue weighted by molar-refractivity contribution is 9.12. The molecule has 20 heavy (non-hydrogen) atoms. The lowest BCUT2D eigenvalue weighted by Gasteiger charge is -2.19. The zero-order valence-electron chi connectivity index (χ0n) is 11.0. The Bertz CT molecular complexity index is 603. The molecule has 0 aliphatic rings. The smallest absolute Gasteiger partial charge is 0.170 e. The van der Waals surface area contributed by atoms with E-state index in [2.05, 4.69) is 37.2 Å². The number of benzene rings is 1. The first-order valence-corrected chi connectivity index (χ1v) is 8.49. The number of thiophene rings is 1. The van der Waals surface area contributed by atoms with Crippen LogP contribution in [0.5, 0.6) is 5.75 Å². The second kappa shape index (κ2) is 7.02. The zero-order chi connectivity index (χ0) is 14.7. The number of halogens is 3. The largest absolute Gasteiger partial charge is 0.494 e. The van der Waals surface area contributed by atoms with E-state index in [0.717, 1.165) is 19.7 Å². The SMILES string of the molecule is CCNC(c1cc(Br)sc1Br)c1cccc(OC)c1F. The molecule has 1 aromatic carbocycles. The van der Waals surface area contributed by atoms with Gasteiger partial charge in [0, 0.05) is 5.56 Å². The standard InChI is InChI=1S/C14H14Br2FNOS/c1-3-18-13(9-7-11(15)20-14(9)16)8-5-4-6-10(19-2)12(8)17/h4-7,13,18H,3H2,1-2H3. The van der Waals surface area contributed by atoms with Crippen molar-refractivity contribution in [3.63, 3.8) is 0 Å². The predicted octanol–water partition coefficient (Wildman–Crippen LogP) is 5.12. The van der Waals surface area contributed by atoms with E-state index in [4.69, 9.17) is 4.74 Å². The van der Waals surface area contributed by atoms with Crippen LogP contribution in [0, 0.1) is 5.82 Å². The lowest BCUT2D eigenvalue weighted by Crippen LogP contribution is -2.23. The highest BCUT2D eigenvalue weighted by atomic mass is 79.9. The molecule has 0 spiro atoms. The van der Waals surface area contributed by atoms with Crippen LogP contribution < -0.4 is 10.1 Å². The molecule has 2 aromatic rings. The van der Waals surface area contributed by atoms with Gasteiger partial charge >= 0.3 is 0 Å². The average Bonchev–Trinajstić information content (AvgIpc) is 2.75. The molecule has 1 unspecified atom stereocenters. The van der Waals surface area contributed by atoms with Crippen LogP contribution in [-0.2, 0) is 0 Å². The summed E-state index contributed by atoms with van der Waals surface area (Å²) in [5.41, 5.74) is 1.59. The number of rotatable bonds is 5. The van der Waals surface area contributed by atoms with Crippen LogP contribution in [0.3, 0.4) is 0 Å². The molecule has 2 rings (SSSR count). The van der Waals surface area contributed by atoms with Crippen molar-refractivity contribution in [2.75, 3.05) is 13.7 Å². The Balaban J connectivity index is 2.51. The highest BCUT2D eigenvalue weighted by Crippen LogP contribution is 2.39. The second-order valence-electron chi connectivity index (χ2n) is 4.13. The molecule has 0 aliphatic carbocycles. The first-order valence-electron chi connectivity index (χ1n) is 6.09. The topological polar surface area (TPSA) is 21.3 Å². The van der Waals surface area contributed by atoms with E-state index in [1.54, 1.807) is 29.5 Å². The molecule has 0 saturated heterocycles. The monoisotopic (exact) mass is 421 g/mol. The van der Waals surface area contributed by atoms with Gasteiger partial charge in [0.2, 0.25) is 0 Å². The zero-order valence-corrected chi connectivity index (χ0v) is 15.0. The van der Waals surface area contributed by atoms with Crippen molar-refractivity contribution in [1.82, 2.24) is 5.32 Å². The lowest BCUT2D eigenvalue weighted by atomic mass is 10.0. The Morgan fingerprint density at radius 3 is 2.65 bits per heavy atom. The van der Waals surface area contributed by atoms with Crippen LogP contribution in [0.4, 0.5) is 4.39 Å². The van der Waals surface area contributed by atoms with E-state index < -0.39 is 0 Å². The van der Waals surface area contributed by atoms with Crippen LogP contribution in [0.25, 0.3) is 0 Å². The summed E-state index contributed by atoms with van der Waals surface area (Å²) in [7, 11) is 1.47. The fraction of sp³-hybridized carbons (Fsp3) is 0.286. The van der Waals surface area contributed by atoms with Gasteiger partial charge in [-0.15, -0.1) is 11.3 Å². The van der Waals surface area contributed by atoms with Gasteiger partial charge in [-0.3, -0.25) is 0 Å². The van der Waals surface area contributed by atoms with Gasteiger partial charge in [0.1, 0.15) is 0 Å². The minimum atomic E-state index is -0.324. The van der Waals surface area contributed by atoms with E-state index >= 15 is 0 Å². The Labute approximate surface area is 138 Å². The fourth-order valence-electron chi connectivity index (χ4n) is 2.05. The van der Waals surface area contributed by atoms with Crippen LogP contribution in [0.2, 0.25) is 0 Å². The molecule has 0 aliphatic heterocycles. The molecule has 1 N–H and O–H groups in total. The van der Waals surface area contributed by atoms with Gasteiger partial charge < -0.3 is 10.1 Å². The maximum absolute atomic E-state index is 14.5. The first-order chi connectivity index (χ1) is 9.58. The van der Waals surface area contributed by atoms with E-state index in [-0.39, 0.29) is 17.6 Å². The molecule has 0 amide bonds. The second-order valence-corrected chi connectivity index (χ2v) is 7.88. The summed E-state index contributed by atoms with van der Waals surface area (Å²) in [4.78, 5) is 0. The Kier molecular flexibility index (Phi) is 5.60. The quantitative estimate of drug-likeness (QED) is 0.721. The maximum Gasteiger partial charge on any atom is 0.170 e. The van der Waals surface area contributed by atoms with Gasteiger partial charge in [-0.2, -0.15) is 0 Å². The molecule has 0 radical (unpaired) electrons. The number of nitrogens with one attached hydrogen (secondary N) is 1. The van der Waals surface area contributed by atoms with Gasteiger partial charge in [0.05, 0.1) is 20.7 Å². The van der Waals surface area contributed by atoms with Crippen LogP contribution in [-0.4, -0.2) is 13.7 Å². The van der Waals surface area contributed by atoms with Crippen molar-refractivity contribution >= 4 is 43.2 Å². The van der Waals surface area contributed by atoms with Crippen molar-refractivity contribution in [1.29, 1.82) is 0 Å². The molecule has 0 fully saturated rings. The van der Waals surface area contributed by atoms with Gasteiger partial charge in [-0.1, -0.05) is 19.1 Å². The minimum Gasteiger partial charge on any atom is -0.494 e. The van der Waals surface area contributed by atoms with Crippen molar-refractivity contribution in [3.05, 3.63) is 48.8 Å². The van der Waals surface area contributed by atoms with Crippen molar-refractivity contribution in [2.24, 2.45) is 0 Å². The summed E-state index contributed by atoms with van der Waals surface area (Å²) in [6, 6.07) is 6.99. The minimum absolute atomic E-state index is 0.216. The summed E-state index contributed by atoms with van der Waals surface area (Å²) in [5.74, 6) is -0.0639. The highest BCUT2D eigenvalue weighted by Gasteiger charge is 2.23. The number of ether oxygens (including phenoxy) is 1. The molecule has 1 aromatic heterocycles. The molecule has 0 saturated carbocycles. The Morgan fingerprint density at radius 2 is 2.10 bits per heavy atom. The maximum atomic E-state index is 14.5. The molecular formula is C14H14Br2FNOS. The van der Waals surface area contributed by atoms with Crippen molar-refractivity contribution in [3.8, 4) is 5.75 Å². The van der Waals surface area contributed by atoms with Crippen molar-refractivity contribution in [2.45, 2.75) is 13.0 Å². The number of hydrogen-bond acceptors (Lipinski definition) is 3. The third kappa shape index (κ3) is 3.24. The van der Waals surface area contributed by atoms with E-state index in [1.807, 2.05) is 13.0 Å². The van der Waals surface area contributed by atoms with Crippen molar-refractivity contribution < 1.29 is 9.13 Å². The van der Waals surface area contributed by atoms with Gasteiger partial charge in [0.25, 0.3) is 0 Å². The van der Waals surface area contributed by atoms with E-state index in [0.29, 0.717) is 5.56 Å². The van der Waals surface area contributed by atoms with Gasteiger partial charge in [-0.25, -0.2) is 4.39 Å². The molecule has 0 bridgehead atoms. The summed E-state index contributed by atoms with van der Waals surface area (Å²) < 4.78 is 21.5. The Hall–Kier alpha value is -0.430. The molecule has 2 nitrogen and oxygen atoms in total. The summed E-state index contributed by atoms with van der Waals surface area (Å²) >= 11 is 8.58. The summed E-state index contributed by atoms with van der Waals surface area (Å²) in [6.07, 6.45) is 0. The average molecular weight is 423 g/mol. The molecule has 6 heteroatoms. The van der Waals surface area contributed by atoms with Crippen LogP contribution >= 0.6 is 43.2 Å². The van der Waals surface area contributed by atoms with E-state index in [9.17, 15) is 4.39 Å². The van der Waals surface area contributed by atoms with Gasteiger partial charge in [-0.05, 0) is 56.1 Å². The van der Waals surface area contributed by atoms with Crippen LogP contribution in [0.1, 0.15) is 24.1 Å². The third-order valence-corrected chi connectivity index (χ3v) is 5.31. The molecule has 108 valence electrons.